The summed E-state index contributed by atoms with van der Waals surface area (Å²) in [6.45, 7) is 3.22. The van der Waals surface area contributed by atoms with Crippen LogP contribution in [0.4, 0.5) is 10.5 Å². The Morgan fingerprint density at radius 1 is 1.54 bits per heavy atom. The molecule has 1 aromatic heterocycles. The Bertz CT molecular complexity index is 766. The van der Waals surface area contributed by atoms with Crippen LogP contribution >= 0.6 is 11.3 Å². The third-order valence-corrected chi connectivity index (χ3v) is 4.81. The standard InChI is InChI=1S/C17H19N5OS/c1-12-20-16(10-24-12)13-4-2-5-14(8-13)21-17(23)19-9-15-6-3-7-22(15)11-18/h2,4-5,8,10,15H,3,6-7,9H2,1H3,(H2,19,21,23)/t15-/m1/s1. The highest BCUT2D eigenvalue weighted by molar-refractivity contribution is 7.09. The SMILES string of the molecule is Cc1nc(-c2cccc(NC(=O)NC[C@H]3CCCN3C#N)c2)cs1. The van der Waals surface area contributed by atoms with Crippen LogP contribution in [-0.4, -0.2) is 35.0 Å². The second-order valence-electron chi connectivity index (χ2n) is 5.76. The molecule has 24 heavy (non-hydrogen) atoms. The van der Waals surface area contributed by atoms with Crippen molar-refractivity contribution in [1.82, 2.24) is 15.2 Å². The number of aromatic nitrogens is 1. The van der Waals surface area contributed by atoms with Gasteiger partial charge in [-0.25, -0.2) is 9.78 Å². The first-order valence-electron chi connectivity index (χ1n) is 7.89. The third-order valence-electron chi connectivity index (χ3n) is 4.04. The summed E-state index contributed by atoms with van der Waals surface area (Å²) < 4.78 is 0. The van der Waals surface area contributed by atoms with Gasteiger partial charge in [0.15, 0.2) is 6.19 Å². The summed E-state index contributed by atoms with van der Waals surface area (Å²) in [6.07, 6.45) is 4.10. The maximum absolute atomic E-state index is 12.1. The fraction of sp³-hybridized carbons (Fsp3) is 0.353. The van der Waals surface area contributed by atoms with Gasteiger partial charge >= 0.3 is 6.03 Å². The van der Waals surface area contributed by atoms with Crippen LogP contribution in [0.15, 0.2) is 29.6 Å². The van der Waals surface area contributed by atoms with Crippen LogP contribution in [0.1, 0.15) is 17.8 Å². The van der Waals surface area contributed by atoms with Crippen LogP contribution in [0.5, 0.6) is 0 Å². The molecule has 2 aromatic rings. The van der Waals surface area contributed by atoms with Crippen molar-refractivity contribution in [2.45, 2.75) is 25.8 Å². The molecular formula is C17H19N5OS. The van der Waals surface area contributed by atoms with Crippen LogP contribution in [-0.2, 0) is 0 Å². The minimum Gasteiger partial charge on any atom is -0.336 e. The van der Waals surface area contributed by atoms with Gasteiger partial charge in [-0.15, -0.1) is 11.3 Å². The number of likely N-dealkylation sites (tertiary alicyclic amines) is 1. The first kappa shape index (κ1) is 16.3. The average molecular weight is 341 g/mol. The van der Waals surface area contributed by atoms with Gasteiger partial charge in [0.05, 0.1) is 16.7 Å². The van der Waals surface area contributed by atoms with Crippen LogP contribution in [0.2, 0.25) is 0 Å². The molecule has 2 heterocycles. The van der Waals surface area contributed by atoms with Crippen molar-refractivity contribution in [3.8, 4) is 17.5 Å². The van der Waals surface area contributed by atoms with Crippen molar-refractivity contribution in [3.63, 3.8) is 0 Å². The normalized spacial score (nSPS) is 16.7. The van der Waals surface area contributed by atoms with E-state index in [2.05, 4.69) is 21.8 Å². The van der Waals surface area contributed by atoms with E-state index in [0.717, 1.165) is 41.3 Å². The number of carbonyl (C=O) groups excluding carboxylic acids is 1. The highest BCUT2D eigenvalue weighted by Crippen LogP contribution is 2.24. The summed E-state index contributed by atoms with van der Waals surface area (Å²) in [5, 5.41) is 17.7. The molecule has 0 radical (unpaired) electrons. The Balaban J connectivity index is 1.58. The Kier molecular flexibility index (Phi) is 4.96. The van der Waals surface area contributed by atoms with Crippen molar-refractivity contribution in [3.05, 3.63) is 34.7 Å². The van der Waals surface area contributed by atoms with E-state index < -0.39 is 0 Å². The lowest BCUT2D eigenvalue weighted by Crippen LogP contribution is -2.39. The highest BCUT2D eigenvalue weighted by atomic mass is 32.1. The second-order valence-corrected chi connectivity index (χ2v) is 6.82. The van der Waals surface area contributed by atoms with Crippen molar-refractivity contribution >= 4 is 23.1 Å². The van der Waals surface area contributed by atoms with Crippen LogP contribution < -0.4 is 10.6 Å². The predicted octanol–water partition coefficient (Wildman–Crippen LogP) is 3.19. The largest absolute Gasteiger partial charge is 0.336 e. The van der Waals surface area contributed by atoms with Crippen molar-refractivity contribution in [2.75, 3.05) is 18.4 Å². The molecule has 1 aromatic carbocycles. The number of benzene rings is 1. The smallest absolute Gasteiger partial charge is 0.319 e. The van der Waals surface area contributed by atoms with Crippen molar-refractivity contribution in [2.24, 2.45) is 0 Å². The van der Waals surface area contributed by atoms with Gasteiger partial charge in [-0.3, -0.25) is 0 Å². The third kappa shape index (κ3) is 3.84. The predicted molar refractivity (Wildman–Crippen MR) is 94.6 cm³/mol. The summed E-state index contributed by atoms with van der Waals surface area (Å²) in [5.41, 5.74) is 2.61. The molecule has 2 N–H and O–H groups in total. The van der Waals surface area contributed by atoms with E-state index >= 15 is 0 Å². The number of nitriles is 1. The van der Waals surface area contributed by atoms with E-state index in [0.29, 0.717) is 6.54 Å². The molecule has 0 bridgehead atoms. The minimum absolute atomic E-state index is 0.102. The van der Waals surface area contributed by atoms with Gasteiger partial charge in [0.1, 0.15) is 0 Å². The maximum Gasteiger partial charge on any atom is 0.319 e. The van der Waals surface area contributed by atoms with Crippen molar-refractivity contribution in [1.29, 1.82) is 5.26 Å². The van der Waals surface area contributed by atoms with E-state index in [1.54, 1.807) is 16.2 Å². The number of anilines is 1. The fourth-order valence-corrected chi connectivity index (χ4v) is 3.44. The molecular weight excluding hydrogens is 322 g/mol. The van der Waals surface area contributed by atoms with Crippen LogP contribution in [0.3, 0.4) is 0 Å². The minimum atomic E-state index is -0.258. The Labute approximate surface area is 145 Å². The monoisotopic (exact) mass is 341 g/mol. The zero-order valence-electron chi connectivity index (χ0n) is 13.5. The number of rotatable bonds is 4. The van der Waals surface area contributed by atoms with Gasteiger partial charge in [-0.05, 0) is 31.9 Å². The van der Waals surface area contributed by atoms with E-state index in [1.807, 2.05) is 36.6 Å². The van der Waals surface area contributed by atoms with E-state index in [4.69, 9.17) is 5.26 Å². The molecule has 1 atom stereocenters. The topological polar surface area (TPSA) is 81.1 Å². The first-order chi connectivity index (χ1) is 11.7. The summed E-state index contributed by atoms with van der Waals surface area (Å²) >= 11 is 1.60. The fourth-order valence-electron chi connectivity index (χ4n) is 2.82. The lowest BCUT2D eigenvalue weighted by Gasteiger charge is -2.18. The summed E-state index contributed by atoms with van der Waals surface area (Å²) in [7, 11) is 0. The molecule has 7 heteroatoms. The number of urea groups is 1. The zero-order valence-corrected chi connectivity index (χ0v) is 14.3. The van der Waals surface area contributed by atoms with Crippen LogP contribution in [0, 0.1) is 18.4 Å². The van der Waals surface area contributed by atoms with E-state index in [1.165, 1.54) is 0 Å². The number of hydrogen-bond donors (Lipinski definition) is 2. The number of carbonyl (C=O) groups is 1. The highest BCUT2D eigenvalue weighted by Gasteiger charge is 2.23. The molecule has 2 amide bonds. The average Bonchev–Trinajstić information content (AvgIpc) is 3.21. The summed E-state index contributed by atoms with van der Waals surface area (Å²) in [5.74, 6) is 0. The lowest BCUT2D eigenvalue weighted by molar-refractivity contribution is 0.248. The number of amides is 2. The molecule has 6 nitrogen and oxygen atoms in total. The number of aryl methyl sites for hydroxylation is 1. The molecule has 1 saturated heterocycles. The van der Waals surface area contributed by atoms with E-state index in [9.17, 15) is 4.79 Å². The summed E-state index contributed by atoms with van der Waals surface area (Å²) in [6, 6.07) is 7.47. The number of hydrogen-bond acceptors (Lipinski definition) is 5. The van der Waals surface area contributed by atoms with Gasteiger partial charge in [-0.1, -0.05) is 12.1 Å². The molecule has 3 rings (SSSR count). The van der Waals surface area contributed by atoms with Gasteiger partial charge in [0.2, 0.25) is 0 Å². The second kappa shape index (κ2) is 7.32. The molecule has 0 spiro atoms. The molecule has 0 aliphatic carbocycles. The quantitative estimate of drug-likeness (QED) is 0.837. The van der Waals surface area contributed by atoms with Gasteiger partial charge in [0.25, 0.3) is 0 Å². The van der Waals surface area contributed by atoms with E-state index in [-0.39, 0.29) is 12.1 Å². The van der Waals surface area contributed by atoms with Crippen molar-refractivity contribution < 1.29 is 4.79 Å². The molecule has 124 valence electrons. The molecule has 0 unspecified atom stereocenters. The molecule has 0 saturated carbocycles. The maximum atomic E-state index is 12.1. The Morgan fingerprint density at radius 2 is 2.42 bits per heavy atom. The lowest BCUT2D eigenvalue weighted by atomic mass is 10.1. The number of nitrogens with one attached hydrogen (secondary N) is 2. The molecule has 1 aliphatic heterocycles. The van der Waals surface area contributed by atoms with Gasteiger partial charge < -0.3 is 15.5 Å². The first-order valence-corrected chi connectivity index (χ1v) is 8.77. The summed E-state index contributed by atoms with van der Waals surface area (Å²) in [4.78, 5) is 18.3. The van der Waals surface area contributed by atoms with Crippen LogP contribution in [0.25, 0.3) is 11.3 Å². The van der Waals surface area contributed by atoms with Gasteiger partial charge in [0, 0.05) is 29.7 Å². The van der Waals surface area contributed by atoms with Gasteiger partial charge in [-0.2, -0.15) is 5.26 Å². The number of nitrogens with zero attached hydrogens (tertiary/aromatic N) is 3. The zero-order chi connectivity index (χ0) is 16.9. The Hall–Kier alpha value is -2.59. The number of thiazole rings is 1. The molecule has 1 aliphatic rings. The Morgan fingerprint density at radius 3 is 3.17 bits per heavy atom. The molecule has 1 fully saturated rings.